The quantitative estimate of drug-likeness (QED) is 0.863. The van der Waals surface area contributed by atoms with E-state index in [0.29, 0.717) is 10.6 Å². The van der Waals surface area contributed by atoms with Gasteiger partial charge in [-0.1, -0.05) is 11.6 Å². The lowest BCUT2D eigenvalue weighted by atomic mass is 10.1. The number of piperidine rings is 1. The van der Waals surface area contributed by atoms with Crippen molar-refractivity contribution in [1.82, 2.24) is 0 Å². The Bertz CT molecular complexity index is 400. The van der Waals surface area contributed by atoms with E-state index >= 15 is 0 Å². The highest BCUT2D eigenvalue weighted by atomic mass is 35.5. The topological polar surface area (TPSA) is 40.5 Å². The zero-order valence-corrected chi connectivity index (χ0v) is 9.70. The second-order valence-electron chi connectivity index (χ2n) is 4.01. The van der Waals surface area contributed by atoms with Gasteiger partial charge in [0.15, 0.2) is 0 Å². The van der Waals surface area contributed by atoms with Crippen LogP contribution in [0.15, 0.2) is 18.2 Å². The van der Waals surface area contributed by atoms with Crippen molar-refractivity contribution in [2.24, 2.45) is 0 Å². The summed E-state index contributed by atoms with van der Waals surface area (Å²) >= 11 is 5.82. The van der Waals surface area contributed by atoms with E-state index in [4.69, 9.17) is 16.7 Å². The molecule has 0 saturated carbocycles. The Hall–Kier alpha value is -1.22. The van der Waals surface area contributed by atoms with Gasteiger partial charge in [0.05, 0.1) is 11.3 Å². The van der Waals surface area contributed by atoms with E-state index in [2.05, 4.69) is 4.90 Å². The summed E-state index contributed by atoms with van der Waals surface area (Å²) in [5, 5.41) is 9.61. The third kappa shape index (κ3) is 2.30. The normalized spacial score (nSPS) is 16.2. The number of carbonyl (C=O) groups is 1. The Labute approximate surface area is 99.6 Å². The van der Waals surface area contributed by atoms with Crippen molar-refractivity contribution in [2.45, 2.75) is 19.3 Å². The molecule has 0 atom stereocenters. The molecule has 0 unspecified atom stereocenters. The summed E-state index contributed by atoms with van der Waals surface area (Å²) in [6.45, 7) is 1.86. The van der Waals surface area contributed by atoms with Crippen LogP contribution in [-0.2, 0) is 0 Å². The summed E-state index contributed by atoms with van der Waals surface area (Å²) in [6.07, 6.45) is 3.48. The number of benzene rings is 1. The minimum atomic E-state index is -0.914. The number of carboxylic acid groups (broad SMARTS) is 1. The lowest BCUT2D eigenvalue weighted by Gasteiger charge is -2.29. The van der Waals surface area contributed by atoms with Crippen molar-refractivity contribution in [3.63, 3.8) is 0 Å². The number of rotatable bonds is 2. The van der Waals surface area contributed by atoms with E-state index < -0.39 is 5.97 Å². The van der Waals surface area contributed by atoms with E-state index in [0.717, 1.165) is 31.6 Å². The van der Waals surface area contributed by atoms with Gasteiger partial charge in [0.1, 0.15) is 0 Å². The van der Waals surface area contributed by atoms with Gasteiger partial charge in [0.25, 0.3) is 0 Å². The standard InChI is InChI=1S/C12H14ClNO2/c13-9-4-5-11(10(8-9)12(15)16)14-6-2-1-3-7-14/h4-5,8H,1-3,6-7H2,(H,15,16). The molecule has 0 aliphatic carbocycles. The average Bonchev–Trinajstić information content (AvgIpc) is 2.30. The van der Waals surface area contributed by atoms with Crippen LogP contribution in [0.2, 0.25) is 5.02 Å². The molecule has 1 fully saturated rings. The zero-order chi connectivity index (χ0) is 11.5. The molecule has 3 nitrogen and oxygen atoms in total. The minimum Gasteiger partial charge on any atom is -0.478 e. The van der Waals surface area contributed by atoms with E-state index in [1.54, 1.807) is 12.1 Å². The van der Waals surface area contributed by atoms with Crippen LogP contribution >= 0.6 is 11.6 Å². The lowest BCUT2D eigenvalue weighted by Crippen LogP contribution is -2.30. The van der Waals surface area contributed by atoms with Crippen molar-refractivity contribution in [3.8, 4) is 0 Å². The minimum absolute atomic E-state index is 0.300. The SMILES string of the molecule is O=C(O)c1cc(Cl)ccc1N1CCCCC1. The van der Waals surface area contributed by atoms with E-state index in [1.807, 2.05) is 0 Å². The largest absolute Gasteiger partial charge is 0.478 e. The Morgan fingerprint density at radius 1 is 1.25 bits per heavy atom. The Morgan fingerprint density at radius 2 is 1.94 bits per heavy atom. The third-order valence-electron chi connectivity index (χ3n) is 2.89. The van der Waals surface area contributed by atoms with Crippen molar-refractivity contribution in [2.75, 3.05) is 18.0 Å². The molecule has 0 radical (unpaired) electrons. The highest BCUT2D eigenvalue weighted by molar-refractivity contribution is 6.31. The monoisotopic (exact) mass is 239 g/mol. The van der Waals surface area contributed by atoms with Gasteiger partial charge in [-0.2, -0.15) is 0 Å². The Kier molecular flexibility index (Phi) is 3.34. The third-order valence-corrected chi connectivity index (χ3v) is 3.12. The molecule has 2 rings (SSSR count). The van der Waals surface area contributed by atoms with E-state index in [-0.39, 0.29) is 0 Å². The fourth-order valence-electron chi connectivity index (χ4n) is 2.09. The van der Waals surface area contributed by atoms with Crippen LogP contribution in [0, 0.1) is 0 Å². The highest BCUT2D eigenvalue weighted by Crippen LogP contribution is 2.26. The molecule has 1 heterocycles. The first-order valence-corrected chi connectivity index (χ1v) is 5.84. The first-order valence-electron chi connectivity index (χ1n) is 5.46. The second-order valence-corrected chi connectivity index (χ2v) is 4.45. The molecule has 0 amide bonds. The molecule has 1 aromatic carbocycles. The van der Waals surface area contributed by atoms with Crippen LogP contribution in [0.3, 0.4) is 0 Å². The second kappa shape index (κ2) is 4.74. The van der Waals surface area contributed by atoms with Gasteiger partial charge in [0, 0.05) is 18.1 Å². The summed E-state index contributed by atoms with van der Waals surface area (Å²) in [5.74, 6) is -0.914. The molecular formula is C12H14ClNO2. The molecule has 1 aromatic rings. The number of hydrogen-bond donors (Lipinski definition) is 1. The summed E-state index contributed by atoms with van der Waals surface area (Å²) in [4.78, 5) is 13.3. The summed E-state index contributed by atoms with van der Waals surface area (Å²) in [7, 11) is 0. The number of anilines is 1. The molecule has 16 heavy (non-hydrogen) atoms. The maximum atomic E-state index is 11.1. The predicted molar refractivity (Wildman–Crippen MR) is 64.5 cm³/mol. The molecule has 1 aliphatic heterocycles. The van der Waals surface area contributed by atoms with Gasteiger partial charge in [-0.15, -0.1) is 0 Å². The number of aromatic carboxylic acids is 1. The van der Waals surface area contributed by atoms with Crippen LogP contribution in [0.1, 0.15) is 29.6 Å². The highest BCUT2D eigenvalue weighted by Gasteiger charge is 2.18. The van der Waals surface area contributed by atoms with E-state index in [1.165, 1.54) is 12.5 Å². The maximum absolute atomic E-state index is 11.1. The molecule has 1 aliphatic rings. The fraction of sp³-hybridized carbons (Fsp3) is 0.417. The van der Waals surface area contributed by atoms with Gasteiger partial charge in [-0.25, -0.2) is 4.79 Å². The number of carboxylic acids is 1. The van der Waals surface area contributed by atoms with Gasteiger partial charge in [-0.05, 0) is 37.5 Å². The van der Waals surface area contributed by atoms with Gasteiger partial charge in [-0.3, -0.25) is 0 Å². The average molecular weight is 240 g/mol. The van der Waals surface area contributed by atoms with Crippen molar-refractivity contribution < 1.29 is 9.90 Å². The number of halogens is 1. The van der Waals surface area contributed by atoms with Crippen LogP contribution in [0.4, 0.5) is 5.69 Å². The molecular weight excluding hydrogens is 226 g/mol. The van der Waals surface area contributed by atoms with Crippen LogP contribution < -0.4 is 4.90 Å². The van der Waals surface area contributed by atoms with Crippen LogP contribution in [-0.4, -0.2) is 24.2 Å². The van der Waals surface area contributed by atoms with Crippen molar-refractivity contribution in [3.05, 3.63) is 28.8 Å². The van der Waals surface area contributed by atoms with Crippen LogP contribution in [0.5, 0.6) is 0 Å². The predicted octanol–water partition coefficient (Wildman–Crippen LogP) is 3.03. The molecule has 0 bridgehead atoms. The smallest absolute Gasteiger partial charge is 0.337 e. The van der Waals surface area contributed by atoms with Gasteiger partial charge < -0.3 is 10.0 Å². The number of nitrogens with zero attached hydrogens (tertiary/aromatic N) is 1. The number of hydrogen-bond acceptors (Lipinski definition) is 2. The van der Waals surface area contributed by atoms with E-state index in [9.17, 15) is 4.79 Å². The zero-order valence-electron chi connectivity index (χ0n) is 8.95. The Balaban J connectivity index is 2.34. The van der Waals surface area contributed by atoms with Crippen LogP contribution in [0.25, 0.3) is 0 Å². The molecule has 1 saturated heterocycles. The summed E-state index contributed by atoms with van der Waals surface area (Å²) in [6, 6.07) is 5.07. The molecule has 0 aromatic heterocycles. The molecule has 86 valence electrons. The molecule has 4 heteroatoms. The van der Waals surface area contributed by atoms with Crippen molar-refractivity contribution in [1.29, 1.82) is 0 Å². The Morgan fingerprint density at radius 3 is 2.56 bits per heavy atom. The summed E-state index contributed by atoms with van der Waals surface area (Å²) < 4.78 is 0. The van der Waals surface area contributed by atoms with Gasteiger partial charge in [0.2, 0.25) is 0 Å². The first-order chi connectivity index (χ1) is 7.68. The van der Waals surface area contributed by atoms with Gasteiger partial charge >= 0.3 is 5.97 Å². The van der Waals surface area contributed by atoms with Crippen molar-refractivity contribution >= 4 is 23.3 Å². The lowest BCUT2D eigenvalue weighted by molar-refractivity contribution is 0.0697. The maximum Gasteiger partial charge on any atom is 0.337 e. The molecule has 1 N–H and O–H groups in total. The molecule has 0 spiro atoms. The fourth-order valence-corrected chi connectivity index (χ4v) is 2.26. The first kappa shape index (κ1) is 11.3. The summed E-state index contributed by atoms with van der Waals surface area (Å²) in [5.41, 5.74) is 1.09.